The molecular weight excluding hydrogens is 487 g/mol. The fourth-order valence-corrected chi connectivity index (χ4v) is 4.93. The van der Waals surface area contributed by atoms with Crippen molar-refractivity contribution in [2.45, 2.75) is 25.8 Å². The van der Waals surface area contributed by atoms with Crippen LogP contribution >= 0.6 is 11.3 Å². The fraction of sp³-hybridized carbons (Fsp3) is 0.192. The number of aromatic nitrogens is 4. The quantitative estimate of drug-likeness (QED) is 0.254. The van der Waals surface area contributed by atoms with Gasteiger partial charge < -0.3 is 14.6 Å². The molecule has 0 radical (unpaired) electrons. The molecule has 0 spiro atoms. The van der Waals surface area contributed by atoms with Crippen molar-refractivity contribution in [3.05, 3.63) is 72.0 Å². The van der Waals surface area contributed by atoms with E-state index in [9.17, 15) is 13.2 Å². The molecule has 36 heavy (non-hydrogen) atoms. The Bertz CT molecular complexity index is 1560. The van der Waals surface area contributed by atoms with E-state index in [0.717, 1.165) is 41.3 Å². The highest BCUT2D eigenvalue weighted by Crippen LogP contribution is 2.44. The molecule has 5 aromatic rings. The van der Waals surface area contributed by atoms with Gasteiger partial charge in [-0.1, -0.05) is 11.3 Å². The zero-order valence-electron chi connectivity index (χ0n) is 19.1. The van der Waals surface area contributed by atoms with Crippen LogP contribution in [0.25, 0.3) is 33.0 Å². The van der Waals surface area contributed by atoms with Crippen LogP contribution in [-0.2, 0) is 0 Å². The molecule has 3 aromatic carbocycles. The standard InChI is InChI=1S/C26H20F3N5OS/c1-2-35-23-13-22-20(30-24(34(22)19-7-8-19)14-3-5-16(27)6-4-14)12-21(23)31-26-33-32-25(36-26)15-9-17(28)11-18(29)10-15/h3-6,9-13,19H,2,7-8H2,1H3,(H,31,33). The van der Waals surface area contributed by atoms with Crippen molar-refractivity contribution >= 4 is 33.2 Å². The van der Waals surface area contributed by atoms with Gasteiger partial charge in [-0.15, -0.1) is 10.2 Å². The van der Waals surface area contributed by atoms with Gasteiger partial charge in [-0.05, 0) is 62.2 Å². The number of anilines is 2. The molecule has 182 valence electrons. The van der Waals surface area contributed by atoms with Crippen LogP contribution in [0.3, 0.4) is 0 Å². The van der Waals surface area contributed by atoms with Crippen LogP contribution in [0.15, 0.2) is 54.6 Å². The summed E-state index contributed by atoms with van der Waals surface area (Å²) in [5, 5.41) is 12.3. The maximum absolute atomic E-state index is 13.6. The second kappa shape index (κ2) is 8.94. The lowest BCUT2D eigenvalue weighted by Crippen LogP contribution is -2.00. The van der Waals surface area contributed by atoms with Crippen LogP contribution in [0.1, 0.15) is 25.8 Å². The average Bonchev–Trinajstić information content (AvgIpc) is 3.46. The number of hydrogen-bond acceptors (Lipinski definition) is 6. The normalized spacial score (nSPS) is 13.3. The third-order valence-corrected chi connectivity index (χ3v) is 6.77. The van der Waals surface area contributed by atoms with Crippen molar-refractivity contribution in [1.82, 2.24) is 19.7 Å². The topological polar surface area (TPSA) is 64.9 Å². The van der Waals surface area contributed by atoms with Gasteiger partial charge in [-0.3, -0.25) is 0 Å². The Balaban J connectivity index is 1.40. The maximum Gasteiger partial charge on any atom is 0.210 e. The van der Waals surface area contributed by atoms with E-state index in [1.807, 2.05) is 19.1 Å². The molecule has 1 fully saturated rings. The molecule has 0 aliphatic heterocycles. The number of nitrogens with one attached hydrogen (secondary N) is 1. The first kappa shape index (κ1) is 22.5. The number of nitrogens with zero attached hydrogens (tertiary/aromatic N) is 4. The van der Waals surface area contributed by atoms with Crippen molar-refractivity contribution in [2.24, 2.45) is 0 Å². The fourth-order valence-electron chi connectivity index (χ4n) is 4.18. The van der Waals surface area contributed by atoms with Crippen molar-refractivity contribution in [3.8, 4) is 27.7 Å². The summed E-state index contributed by atoms with van der Waals surface area (Å²) in [6.45, 7) is 2.35. The van der Waals surface area contributed by atoms with E-state index in [2.05, 4.69) is 20.1 Å². The molecule has 1 saturated carbocycles. The van der Waals surface area contributed by atoms with E-state index >= 15 is 0 Å². The van der Waals surface area contributed by atoms with E-state index in [0.29, 0.717) is 39.8 Å². The monoisotopic (exact) mass is 507 g/mol. The second-order valence-corrected chi connectivity index (χ2v) is 9.49. The van der Waals surface area contributed by atoms with E-state index in [1.54, 1.807) is 12.1 Å². The molecule has 0 unspecified atom stereocenters. The molecule has 6 rings (SSSR count). The van der Waals surface area contributed by atoms with Crippen LogP contribution in [-0.4, -0.2) is 26.4 Å². The minimum Gasteiger partial charge on any atom is -0.492 e. The SMILES string of the molecule is CCOc1cc2c(cc1Nc1nnc(-c3cc(F)cc(F)c3)s1)nc(-c1ccc(F)cc1)n2C1CC1. The van der Waals surface area contributed by atoms with Crippen molar-refractivity contribution in [2.75, 3.05) is 11.9 Å². The molecule has 2 aromatic heterocycles. The molecule has 6 nitrogen and oxygen atoms in total. The summed E-state index contributed by atoms with van der Waals surface area (Å²) in [6, 6.07) is 13.7. The number of hydrogen-bond donors (Lipinski definition) is 1. The first-order valence-corrected chi connectivity index (χ1v) is 12.3. The largest absolute Gasteiger partial charge is 0.492 e. The Labute approximate surface area is 208 Å². The third-order valence-electron chi connectivity index (χ3n) is 5.88. The molecule has 0 amide bonds. The molecule has 10 heteroatoms. The van der Waals surface area contributed by atoms with E-state index in [-0.39, 0.29) is 5.82 Å². The lowest BCUT2D eigenvalue weighted by atomic mass is 10.2. The van der Waals surface area contributed by atoms with Crippen molar-refractivity contribution < 1.29 is 17.9 Å². The first-order valence-electron chi connectivity index (χ1n) is 11.5. The van der Waals surface area contributed by atoms with Crippen LogP contribution in [0.4, 0.5) is 24.0 Å². The minimum atomic E-state index is -0.679. The summed E-state index contributed by atoms with van der Waals surface area (Å²) in [5.74, 6) is -0.260. The maximum atomic E-state index is 13.6. The molecule has 1 aliphatic carbocycles. The summed E-state index contributed by atoms with van der Waals surface area (Å²) in [7, 11) is 0. The Morgan fingerprint density at radius 2 is 1.69 bits per heavy atom. The highest BCUT2D eigenvalue weighted by molar-refractivity contribution is 7.18. The van der Waals surface area contributed by atoms with Gasteiger partial charge in [0.2, 0.25) is 5.13 Å². The van der Waals surface area contributed by atoms with Gasteiger partial charge in [-0.2, -0.15) is 0 Å². The number of halogens is 3. The average molecular weight is 508 g/mol. The summed E-state index contributed by atoms with van der Waals surface area (Å²) < 4.78 is 48.9. The molecule has 0 atom stereocenters. The summed E-state index contributed by atoms with van der Waals surface area (Å²) >= 11 is 1.17. The molecule has 0 saturated heterocycles. The van der Waals surface area contributed by atoms with Gasteiger partial charge in [0.15, 0.2) is 0 Å². The summed E-state index contributed by atoms with van der Waals surface area (Å²) in [6.07, 6.45) is 2.11. The third kappa shape index (κ3) is 4.28. The summed E-state index contributed by atoms with van der Waals surface area (Å²) in [5.41, 5.74) is 3.47. The number of imidazole rings is 1. The van der Waals surface area contributed by atoms with Gasteiger partial charge in [0.05, 0.1) is 23.3 Å². The molecule has 1 N–H and O–H groups in total. The van der Waals surface area contributed by atoms with Gasteiger partial charge >= 0.3 is 0 Å². The predicted octanol–water partition coefficient (Wildman–Crippen LogP) is 7.12. The molecule has 1 aliphatic rings. The predicted molar refractivity (Wildman–Crippen MR) is 133 cm³/mol. The van der Waals surface area contributed by atoms with E-state index in [1.165, 1.54) is 35.6 Å². The van der Waals surface area contributed by atoms with Gasteiger partial charge in [-0.25, -0.2) is 18.2 Å². The minimum absolute atomic E-state index is 0.296. The summed E-state index contributed by atoms with van der Waals surface area (Å²) in [4.78, 5) is 4.88. The van der Waals surface area contributed by atoms with Crippen LogP contribution in [0.5, 0.6) is 5.75 Å². The van der Waals surface area contributed by atoms with E-state index < -0.39 is 11.6 Å². The van der Waals surface area contributed by atoms with Crippen LogP contribution in [0, 0.1) is 17.5 Å². The molecular formula is C26H20F3N5OS. The Morgan fingerprint density at radius 3 is 2.39 bits per heavy atom. The van der Waals surface area contributed by atoms with Crippen LogP contribution in [0.2, 0.25) is 0 Å². The number of ether oxygens (including phenoxy) is 1. The first-order chi connectivity index (χ1) is 17.5. The lowest BCUT2D eigenvalue weighted by Gasteiger charge is -2.12. The molecule has 0 bridgehead atoms. The number of fused-ring (bicyclic) bond motifs is 1. The highest BCUT2D eigenvalue weighted by atomic mass is 32.1. The second-order valence-electron chi connectivity index (χ2n) is 8.51. The van der Waals surface area contributed by atoms with Gasteiger partial charge in [0.25, 0.3) is 0 Å². The zero-order chi connectivity index (χ0) is 24.8. The zero-order valence-corrected chi connectivity index (χ0v) is 20.0. The van der Waals surface area contributed by atoms with Crippen molar-refractivity contribution in [1.29, 1.82) is 0 Å². The van der Waals surface area contributed by atoms with Crippen molar-refractivity contribution in [3.63, 3.8) is 0 Å². The van der Waals surface area contributed by atoms with Gasteiger partial charge in [0, 0.05) is 29.3 Å². The highest BCUT2D eigenvalue weighted by Gasteiger charge is 2.29. The smallest absolute Gasteiger partial charge is 0.210 e. The van der Waals surface area contributed by atoms with E-state index in [4.69, 9.17) is 9.72 Å². The van der Waals surface area contributed by atoms with Crippen LogP contribution < -0.4 is 10.1 Å². The Hall–Kier alpha value is -3.92. The Kier molecular flexibility index (Phi) is 5.60. The number of benzene rings is 3. The number of rotatable bonds is 7. The van der Waals surface area contributed by atoms with Gasteiger partial charge in [0.1, 0.15) is 34.0 Å². The molecule has 2 heterocycles. The lowest BCUT2D eigenvalue weighted by molar-refractivity contribution is 0.342. The Morgan fingerprint density at radius 1 is 0.944 bits per heavy atom.